The summed E-state index contributed by atoms with van der Waals surface area (Å²) in [6.07, 6.45) is 1.07. The number of benzene rings is 2. The van der Waals surface area contributed by atoms with E-state index in [-0.39, 0.29) is 5.41 Å². The fourth-order valence-corrected chi connectivity index (χ4v) is 2.78. The van der Waals surface area contributed by atoms with Crippen molar-refractivity contribution in [1.82, 2.24) is 0 Å². The molecule has 0 amide bonds. The minimum Gasteiger partial charge on any atom is -0.383 e. The van der Waals surface area contributed by atoms with Crippen LogP contribution in [0.1, 0.15) is 32.8 Å². The Kier molecular flexibility index (Phi) is 4.72. The molecule has 0 aliphatic heterocycles. The first-order chi connectivity index (χ1) is 9.47. The van der Waals surface area contributed by atoms with Crippen LogP contribution in [0.5, 0.6) is 0 Å². The molecule has 0 fully saturated rings. The Morgan fingerprint density at radius 3 is 2.20 bits per heavy atom. The second-order valence-corrected chi connectivity index (χ2v) is 6.44. The minimum absolute atomic E-state index is 0.153. The molecular weight excluding hydrogens is 266 g/mol. The molecule has 1 nitrogen and oxygen atoms in total. The summed E-state index contributed by atoms with van der Waals surface area (Å²) in [5.41, 5.74) is 2.65. The molecule has 2 heteroatoms. The van der Waals surface area contributed by atoms with Crippen LogP contribution in [-0.2, 0) is 5.41 Å². The van der Waals surface area contributed by atoms with E-state index in [0.717, 1.165) is 17.1 Å². The summed E-state index contributed by atoms with van der Waals surface area (Å²) in [7, 11) is 0. The smallest absolute Gasteiger partial charge is 0.0407 e. The standard InChI is InChI=1S/C18H22ClN/c1-14(20-17-11-9-16(19)10-12-17)13-18(2,3)15-7-5-4-6-8-15/h4-12,14,20H,13H2,1-3H3. The Balaban J connectivity index is 2.00. The highest BCUT2D eigenvalue weighted by Gasteiger charge is 2.23. The third-order valence-corrected chi connectivity index (χ3v) is 3.88. The van der Waals surface area contributed by atoms with Gasteiger partial charge in [0, 0.05) is 16.8 Å². The van der Waals surface area contributed by atoms with E-state index in [1.54, 1.807) is 0 Å². The van der Waals surface area contributed by atoms with E-state index < -0.39 is 0 Å². The number of hydrogen-bond acceptors (Lipinski definition) is 1. The van der Waals surface area contributed by atoms with Gasteiger partial charge in [0.15, 0.2) is 0 Å². The Bertz CT molecular complexity index is 531. The summed E-state index contributed by atoms with van der Waals surface area (Å²) in [6.45, 7) is 6.81. The highest BCUT2D eigenvalue weighted by atomic mass is 35.5. The summed E-state index contributed by atoms with van der Waals surface area (Å²) in [5.74, 6) is 0. The summed E-state index contributed by atoms with van der Waals surface area (Å²) < 4.78 is 0. The van der Waals surface area contributed by atoms with Gasteiger partial charge in [0.05, 0.1) is 0 Å². The van der Waals surface area contributed by atoms with E-state index in [4.69, 9.17) is 11.6 Å². The van der Waals surface area contributed by atoms with Crippen molar-refractivity contribution in [1.29, 1.82) is 0 Å². The van der Waals surface area contributed by atoms with Crippen LogP contribution < -0.4 is 5.32 Å². The van der Waals surface area contributed by atoms with E-state index in [2.05, 4.69) is 56.4 Å². The molecule has 2 aromatic rings. The second kappa shape index (κ2) is 6.32. The molecule has 1 unspecified atom stereocenters. The van der Waals surface area contributed by atoms with Gasteiger partial charge in [-0.25, -0.2) is 0 Å². The zero-order valence-electron chi connectivity index (χ0n) is 12.4. The largest absolute Gasteiger partial charge is 0.383 e. The molecule has 1 N–H and O–H groups in total. The quantitative estimate of drug-likeness (QED) is 0.765. The topological polar surface area (TPSA) is 12.0 Å². The third-order valence-electron chi connectivity index (χ3n) is 3.63. The highest BCUT2D eigenvalue weighted by molar-refractivity contribution is 6.30. The maximum atomic E-state index is 5.91. The molecule has 2 aromatic carbocycles. The van der Waals surface area contributed by atoms with Crippen LogP contribution in [0.25, 0.3) is 0 Å². The Labute approximate surface area is 127 Å². The van der Waals surface area contributed by atoms with Crippen LogP contribution >= 0.6 is 11.6 Å². The van der Waals surface area contributed by atoms with Crippen molar-refractivity contribution in [3.63, 3.8) is 0 Å². The number of hydrogen-bond donors (Lipinski definition) is 1. The van der Waals surface area contributed by atoms with Gasteiger partial charge < -0.3 is 5.32 Å². The first-order valence-corrected chi connectivity index (χ1v) is 7.43. The molecule has 1 atom stereocenters. The molecule has 0 saturated carbocycles. The summed E-state index contributed by atoms with van der Waals surface area (Å²) >= 11 is 5.91. The lowest BCUT2D eigenvalue weighted by Crippen LogP contribution is -2.27. The average Bonchev–Trinajstić information content (AvgIpc) is 2.42. The van der Waals surface area contributed by atoms with Gasteiger partial charge in [-0.15, -0.1) is 0 Å². The van der Waals surface area contributed by atoms with E-state index in [9.17, 15) is 0 Å². The van der Waals surface area contributed by atoms with Gasteiger partial charge in [0.25, 0.3) is 0 Å². The van der Waals surface area contributed by atoms with Gasteiger partial charge in [0.2, 0.25) is 0 Å². The van der Waals surface area contributed by atoms with Crippen molar-refractivity contribution in [3.8, 4) is 0 Å². The van der Waals surface area contributed by atoms with E-state index in [1.807, 2.05) is 24.3 Å². The zero-order chi connectivity index (χ0) is 14.6. The van der Waals surface area contributed by atoms with E-state index in [0.29, 0.717) is 6.04 Å². The Hall–Kier alpha value is -1.47. The van der Waals surface area contributed by atoms with Crippen molar-refractivity contribution in [2.75, 3.05) is 5.32 Å². The van der Waals surface area contributed by atoms with Crippen LogP contribution in [0, 0.1) is 0 Å². The summed E-state index contributed by atoms with van der Waals surface area (Å²) in [5, 5.41) is 4.31. The van der Waals surface area contributed by atoms with Crippen molar-refractivity contribution in [2.45, 2.75) is 38.6 Å². The molecule has 0 radical (unpaired) electrons. The Morgan fingerprint density at radius 1 is 1.00 bits per heavy atom. The SMILES string of the molecule is CC(CC(C)(C)c1ccccc1)Nc1ccc(Cl)cc1. The molecule has 20 heavy (non-hydrogen) atoms. The fraction of sp³-hybridized carbons (Fsp3) is 0.333. The van der Waals surface area contributed by atoms with Crippen molar-refractivity contribution >= 4 is 17.3 Å². The lowest BCUT2D eigenvalue weighted by Gasteiger charge is -2.29. The first-order valence-electron chi connectivity index (χ1n) is 7.05. The van der Waals surface area contributed by atoms with Gasteiger partial charge in [-0.2, -0.15) is 0 Å². The fourth-order valence-electron chi connectivity index (χ4n) is 2.65. The van der Waals surface area contributed by atoms with Gasteiger partial charge in [-0.05, 0) is 48.6 Å². The van der Waals surface area contributed by atoms with E-state index >= 15 is 0 Å². The molecule has 0 aromatic heterocycles. The third kappa shape index (κ3) is 4.01. The maximum absolute atomic E-state index is 5.91. The van der Waals surface area contributed by atoms with Crippen LogP contribution in [0.15, 0.2) is 54.6 Å². The molecule has 106 valence electrons. The maximum Gasteiger partial charge on any atom is 0.0407 e. The molecule has 0 bridgehead atoms. The minimum atomic E-state index is 0.153. The van der Waals surface area contributed by atoms with Gasteiger partial charge >= 0.3 is 0 Å². The van der Waals surface area contributed by atoms with Crippen LogP contribution in [0.4, 0.5) is 5.69 Å². The van der Waals surface area contributed by atoms with Crippen molar-refractivity contribution < 1.29 is 0 Å². The predicted octanol–water partition coefficient (Wildman–Crippen LogP) is 5.51. The zero-order valence-corrected chi connectivity index (χ0v) is 13.1. The Morgan fingerprint density at radius 2 is 1.60 bits per heavy atom. The monoisotopic (exact) mass is 287 g/mol. The molecule has 0 spiro atoms. The molecule has 0 aliphatic carbocycles. The lowest BCUT2D eigenvalue weighted by molar-refractivity contribution is 0.450. The van der Waals surface area contributed by atoms with E-state index in [1.165, 1.54) is 5.56 Å². The van der Waals surface area contributed by atoms with Crippen molar-refractivity contribution in [3.05, 3.63) is 65.2 Å². The number of halogens is 1. The van der Waals surface area contributed by atoms with Crippen LogP contribution in [0.3, 0.4) is 0 Å². The summed E-state index contributed by atoms with van der Waals surface area (Å²) in [4.78, 5) is 0. The number of anilines is 1. The van der Waals surface area contributed by atoms with Crippen molar-refractivity contribution in [2.24, 2.45) is 0 Å². The number of rotatable bonds is 5. The molecule has 0 saturated heterocycles. The van der Waals surface area contributed by atoms with Crippen LogP contribution in [-0.4, -0.2) is 6.04 Å². The van der Waals surface area contributed by atoms with Crippen LogP contribution in [0.2, 0.25) is 5.02 Å². The van der Waals surface area contributed by atoms with Gasteiger partial charge in [-0.1, -0.05) is 55.8 Å². The van der Waals surface area contributed by atoms with Gasteiger partial charge in [-0.3, -0.25) is 0 Å². The summed E-state index contributed by atoms with van der Waals surface area (Å²) in [6, 6.07) is 19.0. The average molecular weight is 288 g/mol. The number of nitrogens with one attached hydrogen (secondary N) is 1. The molecular formula is C18H22ClN. The second-order valence-electron chi connectivity index (χ2n) is 6.01. The van der Waals surface area contributed by atoms with Gasteiger partial charge in [0.1, 0.15) is 0 Å². The lowest BCUT2D eigenvalue weighted by atomic mass is 9.79. The highest BCUT2D eigenvalue weighted by Crippen LogP contribution is 2.29. The molecule has 0 aliphatic rings. The first kappa shape index (κ1) is 14.9. The predicted molar refractivity (Wildman–Crippen MR) is 88.6 cm³/mol. The molecule has 2 rings (SSSR count). The molecule has 0 heterocycles. The normalized spacial score (nSPS) is 13.0.